The van der Waals surface area contributed by atoms with Crippen LogP contribution in [-0.4, -0.2) is 18.0 Å². The van der Waals surface area contributed by atoms with Crippen LogP contribution in [0.5, 0.6) is 0 Å². The number of hydrogen-bond donors (Lipinski definition) is 0. The lowest BCUT2D eigenvalue weighted by Gasteiger charge is -2.38. The molecule has 1 aromatic rings. The number of nitrogens with zero attached hydrogens (tertiary/aromatic N) is 2. The first-order valence-corrected chi connectivity index (χ1v) is 6.31. The van der Waals surface area contributed by atoms with E-state index in [0.29, 0.717) is 5.41 Å². The monoisotopic (exact) mass is 228 g/mol. The third-order valence-corrected chi connectivity index (χ3v) is 3.51. The Kier molecular flexibility index (Phi) is 3.49. The van der Waals surface area contributed by atoms with Gasteiger partial charge in [-0.2, -0.15) is 5.26 Å². The maximum absolute atomic E-state index is 9.08. The average molecular weight is 228 g/mol. The van der Waals surface area contributed by atoms with Gasteiger partial charge in [0.25, 0.3) is 0 Å². The van der Waals surface area contributed by atoms with Crippen LogP contribution in [0.1, 0.15) is 37.8 Å². The van der Waals surface area contributed by atoms with Crippen LogP contribution in [0.4, 0.5) is 0 Å². The van der Waals surface area contributed by atoms with Gasteiger partial charge < -0.3 is 0 Å². The van der Waals surface area contributed by atoms with Crippen molar-refractivity contribution in [3.63, 3.8) is 0 Å². The van der Waals surface area contributed by atoms with Gasteiger partial charge in [0.05, 0.1) is 11.6 Å². The maximum atomic E-state index is 9.08. The summed E-state index contributed by atoms with van der Waals surface area (Å²) in [6.07, 6.45) is 2.57. The summed E-state index contributed by atoms with van der Waals surface area (Å²) in [6, 6.07) is 10.2. The molecular formula is C15H20N2. The average Bonchev–Trinajstić information content (AvgIpc) is 2.28. The van der Waals surface area contributed by atoms with Crippen LogP contribution >= 0.6 is 0 Å². The second-order valence-electron chi connectivity index (χ2n) is 5.75. The van der Waals surface area contributed by atoms with E-state index in [1.807, 2.05) is 18.2 Å². The van der Waals surface area contributed by atoms with Crippen LogP contribution in [0.3, 0.4) is 0 Å². The molecule has 0 N–H and O–H groups in total. The lowest BCUT2D eigenvalue weighted by molar-refractivity contribution is 0.111. The van der Waals surface area contributed by atoms with Gasteiger partial charge >= 0.3 is 0 Å². The first-order valence-electron chi connectivity index (χ1n) is 6.31. The molecule has 1 aliphatic heterocycles. The van der Waals surface area contributed by atoms with E-state index in [1.54, 1.807) is 0 Å². The van der Waals surface area contributed by atoms with Crippen molar-refractivity contribution >= 4 is 0 Å². The predicted molar refractivity (Wildman–Crippen MR) is 69.4 cm³/mol. The van der Waals surface area contributed by atoms with E-state index in [0.717, 1.165) is 30.8 Å². The van der Waals surface area contributed by atoms with Gasteiger partial charge in [0, 0.05) is 13.1 Å². The van der Waals surface area contributed by atoms with Crippen molar-refractivity contribution in [3.8, 4) is 6.07 Å². The van der Waals surface area contributed by atoms with Crippen LogP contribution in [0.15, 0.2) is 24.3 Å². The highest BCUT2D eigenvalue weighted by Crippen LogP contribution is 2.29. The molecule has 0 unspecified atom stereocenters. The van der Waals surface area contributed by atoms with Crippen molar-refractivity contribution in [3.05, 3.63) is 35.4 Å². The molecule has 1 fully saturated rings. The van der Waals surface area contributed by atoms with Gasteiger partial charge in [-0.15, -0.1) is 0 Å². The summed E-state index contributed by atoms with van der Waals surface area (Å²) in [5.74, 6) is 0. The molecule has 0 aromatic heterocycles. The van der Waals surface area contributed by atoms with Crippen molar-refractivity contribution in [2.24, 2.45) is 5.41 Å². The number of hydrogen-bond acceptors (Lipinski definition) is 2. The van der Waals surface area contributed by atoms with Gasteiger partial charge in [-0.25, -0.2) is 0 Å². The van der Waals surface area contributed by atoms with Gasteiger partial charge in [-0.1, -0.05) is 32.0 Å². The Morgan fingerprint density at radius 1 is 1.35 bits per heavy atom. The number of rotatable bonds is 2. The smallest absolute Gasteiger partial charge is 0.0995 e. The normalized spacial score (nSPS) is 19.8. The van der Waals surface area contributed by atoms with Crippen LogP contribution < -0.4 is 0 Å². The minimum atomic E-state index is 0.417. The molecule has 0 bridgehead atoms. The molecule has 2 rings (SSSR count). The quantitative estimate of drug-likeness (QED) is 0.777. The van der Waals surface area contributed by atoms with Crippen LogP contribution in [0.2, 0.25) is 0 Å². The number of benzene rings is 1. The molecule has 0 spiro atoms. The molecule has 0 atom stereocenters. The van der Waals surface area contributed by atoms with E-state index in [4.69, 9.17) is 5.26 Å². The first kappa shape index (κ1) is 12.1. The fourth-order valence-electron chi connectivity index (χ4n) is 2.69. The van der Waals surface area contributed by atoms with Crippen LogP contribution in [0, 0.1) is 16.7 Å². The molecule has 0 aliphatic carbocycles. The van der Waals surface area contributed by atoms with E-state index in [1.165, 1.54) is 12.8 Å². The Labute approximate surface area is 104 Å². The Morgan fingerprint density at radius 3 is 2.82 bits per heavy atom. The summed E-state index contributed by atoms with van der Waals surface area (Å²) < 4.78 is 0. The third-order valence-electron chi connectivity index (χ3n) is 3.51. The lowest BCUT2D eigenvalue weighted by Crippen LogP contribution is -2.39. The van der Waals surface area contributed by atoms with Gasteiger partial charge in [-0.05, 0) is 36.4 Å². The standard InChI is InChI=1S/C15H20N2/c1-15(2)8-5-9-17(12-15)11-14-7-4-3-6-13(14)10-16/h3-4,6-7H,5,8-9,11-12H2,1-2H3. The number of nitriles is 1. The molecule has 1 saturated heterocycles. The zero-order valence-corrected chi connectivity index (χ0v) is 10.7. The molecule has 17 heavy (non-hydrogen) atoms. The van der Waals surface area contributed by atoms with Gasteiger partial charge in [0.15, 0.2) is 0 Å². The zero-order chi connectivity index (χ0) is 12.3. The van der Waals surface area contributed by atoms with Crippen molar-refractivity contribution < 1.29 is 0 Å². The summed E-state index contributed by atoms with van der Waals surface area (Å²) in [5.41, 5.74) is 2.39. The second kappa shape index (κ2) is 4.89. The topological polar surface area (TPSA) is 27.0 Å². The summed E-state index contributed by atoms with van der Waals surface area (Å²) in [6.45, 7) is 7.85. The van der Waals surface area contributed by atoms with Crippen molar-refractivity contribution in [1.82, 2.24) is 4.90 Å². The van der Waals surface area contributed by atoms with E-state index in [9.17, 15) is 0 Å². The summed E-state index contributed by atoms with van der Waals surface area (Å²) >= 11 is 0. The minimum absolute atomic E-state index is 0.417. The number of piperidine rings is 1. The number of likely N-dealkylation sites (tertiary alicyclic amines) is 1. The SMILES string of the molecule is CC1(C)CCCN(Cc2ccccc2C#N)C1. The Balaban J connectivity index is 2.08. The molecule has 1 aliphatic rings. The minimum Gasteiger partial charge on any atom is -0.299 e. The molecule has 2 nitrogen and oxygen atoms in total. The van der Waals surface area contributed by atoms with E-state index in [-0.39, 0.29) is 0 Å². The molecule has 90 valence electrons. The van der Waals surface area contributed by atoms with E-state index >= 15 is 0 Å². The van der Waals surface area contributed by atoms with E-state index in [2.05, 4.69) is 30.9 Å². The van der Waals surface area contributed by atoms with Gasteiger partial charge in [-0.3, -0.25) is 4.90 Å². The highest BCUT2D eigenvalue weighted by molar-refractivity contribution is 5.37. The molecule has 1 aromatic carbocycles. The highest BCUT2D eigenvalue weighted by atomic mass is 15.1. The molecule has 1 heterocycles. The van der Waals surface area contributed by atoms with Crippen LogP contribution in [0.25, 0.3) is 0 Å². The molecule has 0 amide bonds. The summed E-state index contributed by atoms with van der Waals surface area (Å²) in [7, 11) is 0. The fraction of sp³-hybridized carbons (Fsp3) is 0.533. The Bertz CT molecular complexity index is 429. The van der Waals surface area contributed by atoms with Crippen molar-refractivity contribution in [2.75, 3.05) is 13.1 Å². The fourth-order valence-corrected chi connectivity index (χ4v) is 2.69. The van der Waals surface area contributed by atoms with E-state index < -0.39 is 0 Å². The highest BCUT2D eigenvalue weighted by Gasteiger charge is 2.26. The zero-order valence-electron chi connectivity index (χ0n) is 10.7. The largest absolute Gasteiger partial charge is 0.299 e. The molecule has 0 radical (unpaired) electrons. The van der Waals surface area contributed by atoms with Gasteiger partial charge in [0.1, 0.15) is 0 Å². The first-order chi connectivity index (χ1) is 8.11. The van der Waals surface area contributed by atoms with Crippen LogP contribution in [-0.2, 0) is 6.54 Å². The second-order valence-corrected chi connectivity index (χ2v) is 5.75. The predicted octanol–water partition coefficient (Wildman–Crippen LogP) is 3.18. The summed E-state index contributed by atoms with van der Waals surface area (Å²) in [5, 5.41) is 9.08. The van der Waals surface area contributed by atoms with Crippen molar-refractivity contribution in [1.29, 1.82) is 5.26 Å². The Morgan fingerprint density at radius 2 is 2.12 bits per heavy atom. The van der Waals surface area contributed by atoms with Crippen molar-refractivity contribution in [2.45, 2.75) is 33.2 Å². The third kappa shape index (κ3) is 3.08. The maximum Gasteiger partial charge on any atom is 0.0995 e. The Hall–Kier alpha value is -1.33. The summed E-state index contributed by atoms with van der Waals surface area (Å²) in [4.78, 5) is 2.47. The molecule has 0 saturated carbocycles. The molecular weight excluding hydrogens is 208 g/mol. The molecule has 2 heteroatoms. The lowest BCUT2D eigenvalue weighted by atomic mass is 9.84. The van der Waals surface area contributed by atoms with Gasteiger partial charge in [0.2, 0.25) is 0 Å².